The topological polar surface area (TPSA) is 49.8 Å². The van der Waals surface area contributed by atoms with Crippen molar-refractivity contribution < 1.29 is 14.6 Å². The zero-order valence-electron chi connectivity index (χ0n) is 9.77. The van der Waals surface area contributed by atoms with Crippen LogP contribution >= 0.6 is 0 Å². The molecule has 4 heteroatoms. The van der Waals surface area contributed by atoms with Crippen molar-refractivity contribution >= 4 is 5.97 Å². The normalized spacial score (nSPS) is 26.3. The Labute approximate surface area is 91.2 Å². The van der Waals surface area contributed by atoms with Gasteiger partial charge in [-0.15, -0.1) is 0 Å². The standard InChI is InChI=1S/C11H21NO3/c1-8(13)7-10-5-4-6-12(10)9(2)11(14)15-3/h8-10,13H,4-7H2,1-3H3. The predicted octanol–water partition coefficient (Wildman–Crippen LogP) is 0.783. The van der Waals surface area contributed by atoms with Gasteiger partial charge in [0, 0.05) is 6.04 Å². The number of aliphatic hydroxyl groups excluding tert-OH is 1. The first-order valence-corrected chi connectivity index (χ1v) is 5.58. The molecular formula is C11H21NO3. The van der Waals surface area contributed by atoms with E-state index >= 15 is 0 Å². The molecule has 0 bridgehead atoms. The predicted molar refractivity (Wildman–Crippen MR) is 57.5 cm³/mol. The summed E-state index contributed by atoms with van der Waals surface area (Å²) in [6, 6.07) is 0.125. The van der Waals surface area contributed by atoms with Gasteiger partial charge in [-0.05, 0) is 39.7 Å². The molecule has 4 nitrogen and oxygen atoms in total. The van der Waals surface area contributed by atoms with Gasteiger partial charge in [0.1, 0.15) is 6.04 Å². The zero-order valence-corrected chi connectivity index (χ0v) is 9.77. The highest BCUT2D eigenvalue weighted by Gasteiger charge is 2.32. The molecule has 1 N–H and O–H groups in total. The maximum Gasteiger partial charge on any atom is 0.322 e. The Bertz CT molecular complexity index is 218. The number of carbonyl (C=O) groups is 1. The summed E-state index contributed by atoms with van der Waals surface area (Å²) in [6.07, 6.45) is 2.59. The number of likely N-dealkylation sites (tertiary alicyclic amines) is 1. The number of esters is 1. The molecule has 0 aromatic rings. The van der Waals surface area contributed by atoms with Crippen LogP contribution in [0, 0.1) is 0 Å². The monoisotopic (exact) mass is 215 g/mol. The molecule has 0 aromatic carbocycles. The molecule has 1 heterocycles. The summed E-state index contributed by atoms with van der Waals surface area (Å²) in [7, 11) is 1.42. The molecule has 0 spiro atoms. The van der Waals surface area contributed by atoms with E-state index < -0.39 is 0 Å². The first-order valence-electron chi connectivity index (χ1n) is 5.58. The number of carbonyl (C=O) groups excluding carboxylic acids is 1. The Morgan fingerprint density at radius 2 is 2.27 bits per heavy atom. The first kappa shape index (κ1) is 12.5. The number of nitrogens with zero attached hydrogens (tertiary/aromatic N) is 1. The fourth-order valence-electron chi connectivity index (χ4n) is 2.32. The number of rotatable bonds is 4. The quantitative estimate of drug-likeness (QED) is 0.704. The van der Waals surface area contributed by atoms with E-state index in [0.29, 0.717) is 6.04 Å². The Morgan fingerprint density at radius 3 is 2.80 bits per heavy atom. The van der Waals surface area contributed by atoms with Crippen LogP contribution in [0.4, 0.5) is 0 Å². The molecule has 0 amide bonds. The Morgan fingerprint density at radius 1 is 1.60 bits per heavy atom. The molecule has 0 radical (unpaired) electrons. The van der Waals surface area contributed by atoms with E-state index in [4.69, 9.17) is 4.74 Å². The van der Waals surface area contributed by atoms with Gasteiger partial charge in [-0.2, -0.15) is 0 Å². The van der Waals surface area contributed by atoms with Crippen LogP contribution in [-0.2, 0) is 9.53 Å². The van der Waals surface area contributed by atoms with E-state index in [1.54, 1.807) is 6.92 Å². The summed E-state index contributed by atoms with van der Waals surface area (Å²) in [5.74, 6) is -0.188. The highest BCUT2D eigenvalue weighted by molar-refractivity contribution is 5.75. The molecule has 0 aromatic heterocycles. The third kappa shape index (κ3) is 3.18. The molecule has 3 atom stereocenters. The number of methoxy groups -OCH3 is 1. The van der Waals surface area contributed by atoms with Crippen molar-refractivity contribution in [2.24, 2.45) is 0 Å². The van der Waals surface area contributed by atoms with Crippen LogP contribution in [0.15, 0.2) is 0 Å². The van der Waals surface area contributed by atoms with Crippen molar-refractivity contribution in [1.82, 2.24) is 4.90 Å². The van der Waals surface area contributed by atoms with E-state index in [1.165, 1.54) is 7.11 Å². The lowest BCUT2D eigenvalue weighted by atomic mass is 10.1. The van der Waals surface area contributed by atoms with Crippen molar-refractivity contribution in [3.05, 3.63) is 0 Å². The lowest BCUT2D eigenvalue weighted by molar-refractivity contribution is -0.146. The van der Waals surface area contributed by atoms with Gasteiger partial charge in [0.05, 0.1) is 13.2 Å². The fraction of sp³-hybridized carbons (Fsp3) is 0.909. The van der Waals surface area contributed by atoms with Gasteiger partial charge in [0.25, 0.3) is 0 Å². The molecule has 3 unspecified atom stereocenters. The molecule has 1 aliphatic rings. The largest absolute Gasteiger partial charge is 0.468 e. The van der Waals surface area contributed by atoms with Crippen LogP contribution in [0.25, 0.3) is 0 Å². The molecule has 15 heavy (non-hydrogen) atoms. The fourth-order valence-corrected chi connectivity index (χ4v) is 2.32. The zero-order chi connectivity index (χ0) is 11.4. The molecule has 0 saturated carbocycles. The average Bonchev–Trinajstić information content (AvgIpc) is 2.62. The summed E-state index contributed by atoms with van der Waals surface area (Å²) < 4.78 is 4.73. The highest BCUT2D eigenvalue weighted by Crippen LogP contribution is 2.24. The molecule has 1 rings (SSSR count). The maximum atomic E-state index is 11.4. The molecular weight excluding hydrogens is 194 g/mol. The summed E-state index contributed by atoms with van der Waals surface area (Å²) in [5, 5.41) is 9.37. The Kier molecular flexibility index (Phi) is 4.54. The SMILES string of the molecule is COC(=O)C(C)N1CCCC1CC(C)O. The number of ether oxygens (including phenoxy) is 1. The van der Waals surface area contributed by atoms with Crippen LogP contribution < -0.4 is 0 Å². The van der Waals surface area contributed by atoms with Crippen LogP contribution in [-0.4, -0.2) is 47.8 Å². The van der Waals surface area contributed by atoms with E-state index in [-0.39, 0.29) is 18.1 Å². The van der Waals surface area contributed by atoms with Crippen LogP contribution in [0.2, 0.25) is 0 Å². The van der Waals surface area contributed by atoms with Gasteiger partial charge >= 0.3 is 5.97 Å². The van der Waals surface area contributed by atoms with E-state index in [2.05, 4.69) is 4.90 Å². The van der Waals surface area contributed by atoms with Crippen molar-refractivity contribution in [2.75, 3.05) is 13.7 Å². The Balaban J connectivity index is 2.55. The third-order valence-electron chi connectivity index (χ3n) is 3.08. The summed E-state index contributed by atoms with van der Waals surface area (Å²) in [5.41, 5.74) is 0. The summed E-state index contributed by atoms with van der Waals surface area (Å²) in [6.45, 7) is 4.58. The van der Waals surface area contributed by atoms with Gasteiger partial charge in [-0.25, -0.2) is 0 Å². The van der Waals surface area contributed by atoms with Gasteiger partial charge < -0.3 is 9.84 Å². The minimum atomic E-state index is -0.305. The van der Waals surface area contributed by atoms with Gasteiger partial charge in [0.15, 0.2) is 0 Å². The van der Waals surface area contributed by atoms with Crippen molar-refractivity contribution in [3.8, 4) is 0 Å². The molecule has 0 aliphatic carbocycles. The summed E-state index contributed by atoms with van der Waals surface area (Å²) >= 11 is 0. The molecule has 1 aliphatic heterocycles. The second kappa shape index (κ2) is 5.47. The molecule has 1 saturated heterocycles. The van der Waals surface area contributed by atoms with E-state index in [0.717, 1.165) is 25.8 Å². The maximum absolute atomic E-state index is 11.4. The van der Waals surface area contributed by atoms with Crippen molar-refractivity contribution in [1.29, 1.82) is 0 Å². The second-order valence-corrected chi connectivity index (χ2v) is 4.32. The van der Waals surface area contributed by atoms with Crippen LogP contribution in [0.3, 0.4) is 0 Å². The minimum Gasteiger partial charge on any atom is -0.468 e. The average molecular weight is 215 g/mol. The van der Waals surface area contributed by atoms with E-state index in [9.17, 15) is 9.90 Å². The minimum absolute atomic E-state index is 0.188. The lowest BCUT2D eigenvalue weighted by Crippen LogP contribution is -2.43. The Hall–Kier alpha value is -0.610. The van der Waals surface area contributed by atoms with Crippen molar-refractivity contribution in [3.63, 3.8) is 0 Å². The third-order valence-corrected chi connectivity index (χ3v) is 3.08. The first-order chi connectivity index (χ1) is 7.06. The number of hydrogen-bond acceptors (Lipinski definition) is 4. The lowest BCUT2D eigenvalue weighted by Gasteiger charge is -2.29. The number of hydrogen-bond donors (Lipinski definition) is 1. The van der Waals surface area contributed by atoms with Gasteiger partial charge in [0.2, 0.25) is 0 Å². The highest BCUT2D eigenvalue weighted by atomic mass is 16.5. The summed E-state index contributed by atoms with van der Waals surface area (Å²) in [4.78, 5) is 13.5. The van der Waals surface area contributed by atoms with Crippen molar-refractivity contribution in [2.45, 2.75) is 51.3 Å². The van der Waals surface area contributed by atoms with E-state index in [1.807, 2.05) is 6.92 Å². The van der Waals surface area contributed by atoms with Gasteiger partial charge in [-0.3, -0.25) is 9.69 Å². The van der Waals surface area contributed by atoms with Crippen LogP contribution in [0.1, 0.15) is 33.1 Å². The molecule has 88 valence electrons. The van der Waals surface area contributed by atoms with Crippen LogP contribution in [0.5, 0.6) is 0 Å². The smallest absolute Gasteiger partial charge is 0.322 e. The van der Waals surface area contributed by atoms with Gasteiger partial charge in [-0.1, -0.05) is 0 Å². The molecule has 1 fully saturated rings. The second-order valence-electron chi connectivity index (χ2n) is 4.32. The number of aliphatic hydroxyl groups is 1.